The molecule has 0 saturated heterocycles. The molecule has 642 valence electrons. The molecule has 0 fully saturated rings. The van der Waals surface area contributed by atoms with Gasteiger partial charge in [0.15, 0.2) is 0 Å². The number of hydrogen-bond acceptors (Lipinski definition) is 0. The molecule has 12 aromatic carbocycles. The Balaban J connectivity index is 0.000000260. The van der Waals surface area contributed by atoms with Gasteiger partial charge in [-0.25, -0.2) is 0 Å². The number of hydrogen-bond donors (Lipinski definition) is 0. The Labute approximate surface area is 837 Å². The second-order valence-electron chi connectivity index (χ2n) is 28.4. The van der Waals surface area contributed by atoms with Gasteiger partial charge in [0.05, 0.1) is 10.0 Å². The van der Waals surface area contributed by atoms with E-state index in [1.165, 1.54) is 133 Å². The maximum Gasteiger partial charge on any atom is -0.0134 e. The van der Waals surface area contributed by atoms with E-state index in [9.17, 15) is 0 Å². The predicted molar refractivity (Wildman–Crippen MR) is 581 cm³/mol. The quantitative estimate of drug-likeness (QED) is 0.0144. The van der Waals surface area contributed by atoms with Crippen molar-refractivity contribution in [3.8, 4) is 11.8 Å². The molecule has 12 aromatic rings. The summed E-state index contributed by atoms with van der Waals surface area (Å²) < 4.78 is 11.9. The van der Waals surface area contributed by atoms with Crippen LogP contribution >= 0.6 is 199 Å². The topological polar surface area (TPSA) is 0 Å². The maximum absolute atomic E-state index is 6.81. The molecule has 0 N–H and O–H groups in total. The molecule has 0 aliphatic rings. The van der Waals surface area contributed by atoms with Crippen molar-refractivity contribution in [2.45, 2.75) is 145 Å². The molecule has 0 nitrogen and oxygen atoms in total. The Morgan fingerprint density at radius 2 is 0.603 bits per heavy atom. The Kier molecular flexibility index (Phi) is 60.3. The zero-order valence-electron chi connectivity index (χ0n) is 69.4. The molecule has 0 aromatic heterocycles. The molecule has 0 heterocycles. The monoisotopic (exact) mass is 2510 g/mol. The van der Waals surface area contributed by atoms with E-state index in [0.717, 1.165) is 40.9 Å². The zero-order chi connectivity index (χ0) is 87.8. The summed E-state index contributed by atoms with van der Waals surface area (Å²) in [5, 5.41) is 14.5. The molecule has 0 radical (unpaired) electrons. The third kappa shape index (κ3) is 42.7. The fourth-order valence-electron chi connectivity index (χ4n) is 13.3. The number of rotatable bonds is 29. The minimum atomic E-state index is -2.74. The van der Waals surface area contributed by atoms with Crippen molar-refractivity contribution in [1.82, 2.24) is 0 Å². The minimum Gasteiger partial charge on any atom is -0.0622 e. The van der Waals surface area contributed by atoms with Gasteiger partial charge in [-0.2, -0.15) is 0 Å². The summed E-state index contributed by atoms with van der Waals surface area (Å²) in [7, 11) is 8.74. The molecule has 0 amide bonds. The second kappa shape index (κ2) is 66.5. The Hall–Kier alpha value is -1.82. The van der Waals surface area contributed by atoms with Crippen molar-refractivity contribution >= 4 is 288 Å². The number of halogens is 14. The molecular formula is C102H108Cl11I3P2PdSn2. The van der Waals surface area contributed by atoms with Crippen LogP contribution in [0.25, 0.3) is 19.3 Å². The van der Waals surface area contributed by atoms with Crippen LogP contribution < -0.4 is 31.8 Å². The van der Waals surface area contributed by atoms with Crippen LogP contribution in [0.5, 0.6) is 0 Å². The molecule has 0 atom stereocenters. The molecule has 19 heteroatoms. The van der Waals surface area contributed by atoms with Crippen LogP contribution in [0.3, 0.4) is 0 Å². The Morgan fingerprint density at radius 1 is 0.331 bits per heavy atom. The van der Waals surface area contributed by atoms with Crippen molar-refractivity contribution in [2.24, 2.45) is 0 Å². The summed E-state index contributed by atoms with van der Waals surface area (Å²) in [6.45, 7) is 13.9. The van der Waals surface area contributed by atoms with Gasteiger partial charge in [-0.15, -0.1) is 0 Å². The summed E-state index contributed by atoms with van der Waals surface area (Å²) in [5.74, 6) is 6.00. The Bertz CT molecular complexity index is 4560. The van der Waals surface area contributed by atoms with Crippen LogP contribution in [0.15, 0.2) is 309 Å². The minimum absolute atomic E-state index is 0.106. The van der Waals surface area contributed by atoms with E-state index in [4.69, 9.17) is 123 Å². The first kappa shape index (κ1) is 110. The molecule has 0 unspecified atom stereocenters. The normalized spacial score (nSPS) is 10.9. The van der Waals surface area contributed by atoms with Gasteiger partial charge in [0.25, 0.3) is 0 Å². The number of unbranched alkanes of at least 4 members (excludes halogenated alkanes) is 6. The third-order valence-electron chi connectivity index (χ3n) is 19.5. The van der Waals surface area contributed by atoms with Crippen LogP contribution in [0.2, 0.25) is 71.8 Å². The predicted octanol–water partition coefficient (Wildman–Crippen LogP) is 36.9. The summed E-state index contributed by atoms with van der Waals surface area (Å²) in [5.41, 5.74) is 6.11. The van der Waals surface area contributed by atoms with Gasteiger partial charge in [-0.05, 0) is 149 Å². The smallest absolute Gasteiger partial charge is 0.0134 e. The van der Waals surface area contributed by atoms with Crippen LogP contribution in [0.1, 0.15) is 152 Å². The molecule has 0 bridgehead atoms. The van der Waals surface area contributed by atoms with Crippen LogP contribution in [0, 0.1) is 11.8 Å². The second-order valence-corrected chi connectivity index (χ2v) is 63.2. The zero-order valence-corrected chi connectivity index (χ0v) is 93.7. The summed E-state index contributed by atoms with van der Waals surface area (Å²) in [6.07, 6.45) is 21.0. The van der Waals surface area contributed by atoms with E-state index in [-0.39, 0.29) is 15.9 Å². The largest absolute Gasteiger partial charge is 0.0622 e. The summed E-state index contributed by atoms with van der Waals surface area (Å²) in [6, 6.07) is 105. The van der Waals surface area contributed by atoms with Gasteiger partial charge >= 0.3 is 331 Å². The van der Waals surface area contributed by atoms with E-state index in [1.54, 1.807) is 53.3 Å². The molecule has 12 rings (SSSR count). The average Bonchev–Trinajstić information content (AvgIpc) is 0.777. The molecule has 0 aliphatic carbocycles. The summed E-state index contributed by atoms with van der Waals surface area (Å²) >= 11 is 57.4. The van der Waals surface area contributed by atoms with Crippen molar-refractivity contribution in [1.29, 1.82) is 0 Å². The number of benzene rings is 12. The SMILES string of the molecule is CCC[CH2][SnH]([CH2]CCC)[CH2]CCC.CCC[CH2][Sn]([CH2]CCC)([CH2]CCC)/[C](=C/c1ccc(Cl)cc1)c1ccc(Cl)cc1Cl.Clc1ccc(/C=C(/I)c2ccc(Cl)cc2Cl)cc1.Clc1ccc(C#Cc2ccc(Cl)cc2Cl)cc1.II.[Cl][Pd][Cl].c1ccc(P(c2ccccc2)c2ccccc2)cc1.c1ccc(P(c2ccccc2)c2ccccc2)cc1. The molecule has 0 saturated carbocycles. The van der Waals surface area contributed by atoms with Crippen molar-refractivity contribution in [3.05, 3.63) is 388 Å². The molecular weight excluding hydrogens is 2400 g/mol. The van der Waals surface area contributed by atoms with Gasteiger partial charge in [0, 0.05) is 77.6 Å². The molecule has 0 spiro atoms. The van der Waals surface area contributed by atoms with Gasteiger partial charge in [0.1, 0.15) is 0 Å². The molecule has 121 heavy (non-hydrogen) atoms. The fraction of sp³-hybridized carbons (Fsp3) is 0.235. The first-order chi connectivity index (χ1) is 58.8. The first-order valence-electron chi connectivity index (χ1n) is 40.9. The maximum atomic E-state index is 6.81. The van der Waals surface area contributed by atoms with Crippen LogP contribution in [-0.4, -0.2) is 38.1 Å². The van der Waals surface area contributed by atoms with Gasteiger partial charge in [-0.3, -0.25) is 0 Å². The van der Waals surface area contributed by atoms with Gasteiger partial charge < -0.3 is 0 Å². The fourth-order valence-corrected chi connectivity index (χ4v) is 48.7. The van der Waals surface area contributed by atoms with Crippen molar-refractivity contribution < 1.29 is 15.9 Å². The van der Waals surface area contributed by atoms with E-state index in [2.05, 4.69) is 319 Å². The van der Waals surface area contributed by atoms with E-state index < -0.39 is 54.0 Å². The Morgan fingerprint density at radius 3 is 0.901 bits per heavy atom. The van der Waals surface area contributed by atoms with E-state index in [0.29, 0.717) is 30.1 Å². The molecule has 0 aliphatic heterocycles. The third-order valence-corrected chi connectivity index (χ3v) is 53.8. The van der Waals surface area contributed by atoms with Crippen LogP contribution in [-0.2, 0) is 15.9 Å². The van der Waals surface area contributed by atoms with Crippen LogP contribution in [0.4, 0.5) is 0 Å². The summed E-state index contributed by atoms with van der Waals surface area (Å²) in [4.78, 5) is 0. The van der Waals surface area contributed by atoms with E-state index in [1.807, 2.05) is 78.9 Å². The first-order valence-corrected chi connectivity index (χ1v) is 72.9. The van der Waals surface area contributed by atoms with Crippen molar-refractivity contribution in [2.75, 3.05) is 0 Å². The van der Waals surface area contributed by atoms with Crippen molar-refractivity contribution in [3.63, 3.8) is 0 Å². The van der Waals surface area contributed by atoms with Gasteiger partial charge in [0.2, 0.25) is 0 Å². The standard InChI is InChI=1S/2C18H15P.C14H8Cl3I.C14H8Cl3.C14H7Cl3.6C4H9.2ClH.I2.Pd.2Sn.H/c2*1-4-10-16(11-5-1)19(17-12-6-2-7-13-17)18-14-8-3-9-15-18;15-10-3-1-9(2-4-10)7-14(18)12-6-5-11(16)8-13(12)17;2*15-12-6-2-10(3-7-12)1-4-11-5-8-13(16)9-14(11)17;6*1-3-4-2;;;1-2;;;;/h2*1-15H;1-8H;1-3,5-9H;2-3,5-9H;6*1,3-4H2,2H3;2*1H;;;;;/q;;;;;;;;;;;;;;+2;;;/p-2/b;;14-7+;;;;;;;;;;;;;;;. The van der Waals surface area contributed by atoms with Gasteiger partial charge in [-0.1, -0.05) is 282 Å². The van der Waals surface area contributed by atoms with E-state index >= 15 is 0 Å². The average molecular weight is 2510 g/mol.